The van der Waals surface area contributed by atoms with Crippen LogP contribution in [0.15, 0.2) is 0 Å². The first-order valence-electron chi connectivity index (χ1n) is 21.9. The third-order valence-corrected chi connectivity index (χ3v) is 11.1. The van der Waals surface area contributed by atoms with Gasteiger partial charge in [0.05, 0.1) is 39.9 Å². The highest BCUT2D eigenvalue weighted by molar-refractivity contribution is 7.47. The fourth-order valence-electron chi connectivity index (χ4n) is 6.58. The van der Waals surface area contributed by atoms with Gasteiger partial charge in [0.1, 0.15) is 13.2 Å². The van der Waals surface area contributed by atoms with Crippen molar-refractivity contribution in [1.29, 1.82) is 0 Å². The zero-order valence-electron chi connectivity index (χ0n) is 34.6. The van der Waals surface area contributed by atoms with E-state index < -0.39 is 20.0 Å². The first kappa shape index (κ1) is 50.5. The first-order chi connectivity index (χ1) is 24.5. The van der Waals surface area contributed by atoms with Gasteiger partial charge in [-0.2, -0.15) is 0 Å². The summed E-state index contributed by atoms with van der Waals surface area (Å²) in [6.45, 7) is 4.86. The van der Waals surface area contributed by atoms with Gasteiger partial charge in [-0.05, 0) is 12.8 Å². The number of carbonyl (C=O) groups is 1. The highest BCUT2D eigenvalue weighted by atomic mass is 31.2. The molecule has 0 rings (SSSR count). The van der Waals surface area contributed by atoms with E-state index in [2.05, 4.69) is 19.2 Å². The van der Waals surface area contributed by atoms with Crippen molar-refractivity contribution in [1.82, 2.24) is 5.32 Å². The lowest BCUT2D eigenvalue weighted by atomic mass is 10.0. The molecule has 0 radical (unpaired) electrons. The molecule has 1 amide bonds. The van der Waals surface area contributed by atoms with Crippen LogP contribution >= 0.6 is 7.82 Å². The number of unbranched alkanes of at least 4 members (excludes halogenated alkanes) is 27. The molecule has 51 heavy (non-hydrogen) atoms. The van der Waals surface area contributed by atoms with E-state index in [-0.39, 0.29) is 19.1 Å². The summed E-state index contributed by atoms with van der Waals surface area (Å²) in [5.74, 6) is -0.144. The number of likely N-dealkylation sites (N-methyl/N-ethyl adjacent to an activating group) is 1. The molecule has 0 aromatic carbocycles. The van der Waals surface area contributed by atoms with Crippen molar-refractivity contribution in [2.75, 3.05) is 40.9 Å². The van der Waals surface area contributed by atoms with Crippen LogP contribution in [-0.4, -0.2) is 73.4 Å². The zero-order valence-corrected chi connectivity index (χ0v) is 35.5. The fraction of sp³-hybridized carbons (Fsp3) is 0.976. The van der Waals surface area contributed by atoms with Crippen LogP contribution in [0.3, 0.4) is 0 Å². The number of phosphoric ester groups is 1. The van der Waals surface area contributed by atoms with E-state index in [0.717, 1.165) is 38.5 Å². The van der Waals surface area contributed by atoms with Crippen molar-refractivity contribution >= 4 is 13.7 Å². The number of aliphatic hydroxyl groups is 1. The molecule has 0 heterocycles. The standard InChI is InChI=1S/C42H87N2O6P/c1-6-8-10-12-14-15-16-17-18-19-20-21-22-23-24-25-26-27-28-30-32-34-36-42(46)43-40(41(45)35-33-31-29-13-11-9-7-2)39-50-51(47,48)49-38-37-44(3,4)5/h40-41,45H,6-39H2,1-5H3,(H-,43,46,47,48)/p+1. The largest absolute Gasteiger partial charge is 0.472 e. The maximum absolute atomic E-state index is 12.8. The van der Waals surface area contributed by atoms with Gasteiger partial charge in [-0.25, -0.2) is 4.57 Å². The molecular formula is C42H88N2O6P+. The van der Waals surface area contributed by atoms with Crippen molar-refractivity contribution in [3.63, 3.8) is 0 Å². The average molecular weight is 748 g/mol. The Morgan fingerprint density at radius 3 is 1.31 bits per heavy atom. The molecule has 0 aliphatic heterocycles. The fourth-order valence-corrected chi connectivity index (χ4v) is 7.31. The first-order valence-corrected chi connectivity index (χ1v) is 23.4. The number of nitrogens with zero attached hydrogens (tertiary/aromatic N) is 1. The summed E-state index contributed by atoms with van der Waals surface area (Å²) in [4.78, 5) is 23.0. The number of aliphatic hydroxyl groups excluding tert-OH is 1. The van der Waals surface area contributed by atoms with Gasteiger partial charge in [0.2, 0.25) is 5.91 Å². The molecule has 3 unspecified atom stereocenters. The van der Waals surface area contributed by atoms with E-state index in [1.54, 1.807) is 0 Å². The quantitative estimate of drug-likeness (QED) is 0.0327. The molecule has 0 saturated heterocycles. The molecule has 0 aliphatic carbocycles. The van der Waals surface area contributed by atoms with Crippen LogP contribution in [0.2, 0.25) is 0 Å². The van der Waals surface area contributed by atoms with Gasteiger partial charge in [0, 0.05) is 6.42 Å². The molecule has 0 spiro atoms. The lowest BCUT2D eigenvalue weighted by Crippen LogP contribution is -2.46. The Morgan fingerprint density at radius 1 is 0.588 bits per heavy atom. The van der Waals surface area contributed by atoms with Gasteiger partial charge >= 0.3 is 7.82 Å². The Labute approximate surface area is 317 Å². The molecule has 0 aromatic heterocycles. The third kappa shape index (κ3) is 37.6. The number of nitrogens with one attached hydrogen (secondary N) is 1. The molecule has 0 aromatic rings. The van der Waals surface area contributed by atoms with Crippen LogP contribution in [-0.2, 0) is 18.4 Å². The highest BCUT2D eigenvalue weighted by Gasteiger charge is 2.28. The minimum atomic E-state index is -4.30. The molecular weight excluding hydrogens is 659 g/mol. The molecule has 3 atom stereocenters. The predicted octanol–water partition coefficient (Wildman–Crippen LogP) is 11.8. The van der Waals surface area contributed by atoms with Gasteiger partial charge in [-0.1, -0.05) is 194 Å². The van der Waals surface area contributed by atoms with Crippen molar-refractivity contribution in [2.45, 2.75) is 225 Å². The number of quaternary nitrogens is 1. The summed E-state index contributed by atoms with van der Waals surface area (Å²) < 4.78 is 23.5. The maximum Gasteiger partial charge on any atom is 0.472 e. The van der Waals surface area contributed by atoms with Crippen molar-refractivity contribution in [3.05, 3.63) is 0 Å². The average Bonchev–Trinajstić information content (AvgIpc) is 3.07. The van der Waals surface area contributed by atoms with Crippen molar-refractivity contribution in [2.24, 2.45) is 0 Å². The van der Waals surface area contributed by atoms with E-state index in [1.165, 1.54) is 148 Å². The van der Waals surface area contributed by atoms with E-state index in [9.17, 15) is 19.4 Å². The Morgan fingerprint density at radius 2 is 0.941 bits per heavy atom. The molecule has 3 N–H and O–H groups in total. The van der Waals surface area contributed by atoms with Crippen LogP contribution in [0.1, 0.15) is 213 Å². The molecule has 0 bridgehead atoms. The van der Waals surface area contributed by atoms with Crippen molar-refractivity contribution in [3.8, 4) is 0 Å². The van der Waals surface area contributed by atoms with Crippen molar-refractivity contribution < 1.29 is 32.9 Å². The van der Waals surface area contributed by atoms with Crippen LogP contribution < -0.4 is 5.32 Å². The van der Waals surface area contributed by atoms with Gasteiger partial charge in [-0.15, -0.1) is 0 Å². The van der Waals surface area contributed by atoms with Crippen LogP contribution in [0.4, 0.5) is 0 Å². The third-order valence-electron chi connectivity index (χ3n) is 10.1. The molecule has 0 fully saturated rings. The molecule has 306 valence electrons. The number of amides is 1. The second kappa shape index (κ2) is 35.2. The second-order valence-corrected chi connectivity index (χ2v) is 17.9. The van der Waals surface area contributed by atoms with E-state index in [0.29, 0.717) is 23.9 Å². The zero-order chi connectivity index (χ0) is 37.9. The Hall–Kier alpha value is -0.500. The Kier molecular flexibility index (Phi) is 34.9. The number of rotatable bonds is 40. The number of hydrogen-bond donors (Lipinski definition) is 3. The summed E-state index contributed by atoms with van der Waals surface area (Å²) >= 11 is 0. The van der Waals surface area contributed by atoms with Crippen LogP contribution in [0.25, 0.3) is 0 Å². The number of hydrogen-bond acceptors (Lipinski definition) is 5. The molecule has 0 aliphatic rings. The predicted molar refractivity (Wildman–Crippen MR) is 217 cm³/mol. The normalized spacial score (nSPS) is 14.4. The Bertz CT molecular complexity index is 809. The number of phosphoric acid groups is 1. The van der Waals surface area contributed by atoms with Crippen LogP contribution in [0, 0.1) is 0 Å². The summed E-state index contributed by atoms with van der Waals surface area (Å²) in [7, 11) is 1.62. The Balaban J connectivity index is 4.08. The summed E-state index contributed by atoms with van der Waals surface area (Å²) in [6.07, 6.45) is 37.2. The lowest BCUT2D eigenvalue weighted by molar-refractivity contribution is -0.870. The minimum absolute atomic E-state index is 0.0778. The SMILES string of the molecule is CCCCCCCCCCCCCCCCCCCCCCCCC(=O)NC(COP(=O)(O)OCC[N+](C)(C)C)C(O)CCCCCCCCC. The van der Waals surface area contributed by atoms with Gasteiger partial charge in [0.25, 0.3) is 0 Å². The van der Waals surface area contributed by atoms with Gasteiger partial charge in [0.15, 0.2) is 0 Å². The maximum atomic E-state index is 12.8. The topological polar surface area (TPSA) is 105 Å². The minimum Gasteiger partial charge on any atom is -0.391 e. The van der Waals surface area contributed by atoms with Gasteiger partial charge in [-0.3, -0.25) is 13.8 Å². The smallest absolute Gasteiger partial charge is 0.391 e. The number of carbonyl (C=O) groups excluding carboxylic acids is 1. The molecule has 9 heteroatoms. The summed E-state index contributed by atoms with van der Waals surface area (Å²) in [5, 5.41) is 13.8. The molecule has 8 nitrogen and oxygen atoms in total. The molecule has 0 saturated carbocycles. The monoisotopic (exact) mass is 748 g/mol. The summed E-state index contributed by atoms with van der Waals surface area (Å²) in [5.41, 5.74) is 0. The van der Waals surface area contributed by atoms with E-state index in [1.807, 2.05) is 21.1 Å². The lowest BCUT2D eigenvalue weighted by Gasteiger charge is -2.26. The summed E-state index contributed by atoms with van der Waals surface area (Å²) in [6, 6.07) is -0.750. The highest BCUT2D eigenvalue weighted by Crippen LogP contribution is 2.43. The van der Waals surface area contributed by atoms with Gasteiger partial charge < -0.3 is 19.8 Å². The van der Waals surface area contributed by atoms with Crippen LogP contribution in [0.5, 0.6) is 0 Å². The van der Waals surface area contributed by atoms with E-state index in [4.69, 9.17) is 9.05 Å². The second-order valence-electron chi connectivity index (χ2n) is 16.4. The van der Waals surface area contributed by atoms with E-state index >= 15 is 0 Å².